The van der Waals surface area contributed by atoms with Gasteiger partial charge < -0.3 is 9.84 Å². The van der Waals surface area contributed by atoms with E-state index in [-0.39, 0.29) is 23.4 Å². The van der Waals surface area contributed by atoms with Crippen LogP contribution in [0.15, 0.2) is 0 Å². The molecule has 28 heavy (non-hydrogen) atoms. The van der Waals surface area contributed by atoms with Crippen molar-refractivity contribution in [3.63, 3.8) is 0 Å². The van der Waals surface area contributed by atoms with Crippen LogP contribution in [0.1, 0.15) is 78.6 Å². The van der Waals surface area contributed by atoms with Crippen LogP contribution in [0.5, 0.6) is 0 Å². The number of hydrogen-bond acceptors (Lipinski definition) is 4. The number of hydrogen-bond donors (Lipinski definition) is 1. The normalized spacial score (nSPS) is 50.5. The number of ketones is 1. The van der Waals surface area contributed by atoms with Crippen LogP contribution in [0.3, 0.4) is 0 Å². The number of carbonyl (C=O) groups excluding carboxylic acids is 2. The first-order valence-corrected chi connectivity index (χ1v) is 11.0. The van der Waals surface area contributed by atoms with E-state index in [0.29, 0.717) is 36.4 Å². The molecular formula is C24H34O4. The second-order valence-corrected chi connectivity index (χ2v) is 10.5. The molecule has 0 bridgehead atoms. The first-order chi connectivity index (χ1) is 13.1. The van der Waals surface area contributed by atoms with Gasteiger partial charge in [0.25, 0.3) is 0 Å². The zero-order chi connectivity index (χ0) is 20.3. The molecule has 0 unspecified atom stereocenters. The minimum atomic E-state index is -1.17. The third-order valence-corrected chi connectivity index (χ3v) is 9.27. The van der Waals surface area contributed by atoms with E-state index in [0.717, 1.165) is 44.9 Å². The molecule has 4 fully saturated rings. The van der Waals surface area contributed by atoms with E-state index in [1.807, 2.05) is 0 Å². The predicted octanol–water partition coefficient (Wildman–Crippen LogP) is 3.89. The highest BCUT2D eigenvalue weighted by Gasteiger charge is 2.65. The molecule has 0 radical (unpaired) electrons. The maximum absolute atomic E-state index is 13.5. The van der Waals surface area contributed by atoms with Gasteiger partial charge >= 0.3 is 5.97 Å². The van der Waals surface area contributed by atoms with Crippen molar-refractivity contribution in [3.8, 4) is 12.3 Å². The lowest BCUT2D eigenvalue weighted by atomic mass is 9.40. The standard InChI is InChI=1S/C24H34O4/c1-5-24(27)11-6-7-19-18-9-8-16-13-17(28-15(2)25)10-12-22(16,3)21(18)20(26)14-23(19,24)4/h1,16-19,21,27H,6-14H2,2-4H3/t16-,17-,18+,19-,21-,22-,23-,24-/m1/s1. The van der Waals surface area contributed by atoms with Crippen molar-refractivity contribution in [1.82, 2.24) is 0 Å². The van der Waals surface area contributed by atoms with Gasteiger partial charge in [-0.25, -0.2) is 0 Å². The second kappa shape index (κ2) is 6.59. The number of ether oxygens (including phenoxy) is 1. The molecule has 4 heteroatoms. The van der Waals surface area contributed by atoms with Gasteiger partial charge in [-0.15, -0.1) is 6.42 Å². The van der Waals surface area contributed by atoms with Gasteiger partial charge in [-0.1, -0.05) is 19.8 Å². The molecule has 4 aliphatic rings. The molecule has 8 atom stereocenters. The molecule has 1 N–H and O–H groups in total. The van der Waals surface area contributed by atoms with E-state index >= 15 is 0 Å². The summed E-state index contributed by atoms with van der Waals surface area (Å²) in [6.07, 6.45) is 13.5. The average Bonchev–Trinajstić information content (AvgIpc) is 2.62. The lowest BCUT2D eigenvalue weighted by Crippen LogP contribution is -2.64. The number of rotatable bonds is 1. The molecule has 0 spiro atoms. The summed E-state index contributed by atoms with van der Waals surface area (Å²) < 4.78 is 5.51. The van der Waals surface area contributed by atoms with Gasteiger partial charge in [-0.2, -0.15) is 0 Å². The highest BCUT2D eigenvalue weighted by atomic mass is 16.5. The van der Waals surface area contributed by atoms with Gasteiger partial charge in [0.05, 0.1) is 0 Å². The molecule has 4 aliphatic carbocycles. The summed E-state index contributed by atoms with van der Waals surface area (Å²) in [7, 11) is 0. The smallest absolute Gasteiger partial charge is 0.302 e. The molecule has 4 nitrogen and oxygen atoms in total. The van der Waals surface area contributed by atoms with Gasteiger partial charge in [0.1, 0.15) is 17.5 Å². The van der Waals surface area contributed by atoms with E-state index in [2.05, 4.69) is 19.8 Å². The van der Waals surface area contributed by atoms with Crippen molar-refractivity contribution in [2.24, 2.45) is 34.5 Å². The Hall–Kier alpha value is -1.34. The third kappa shape index (κ3) is 2.69. The van der Waals surface area contributed by atoms with Crippen LogP contribution in [0, 0.1) is 46.8 Å². The topological polar surface area (TPSA) is 63.6 Å². The molecule has 4 saturated carbocycles. The molecule has 0 amide bonds. The molecule has 0 aromatic heterocycles. The van der Waals surface area contributed by atoms with Crippen molar-refractivity contribution >= 4 is 11.8 Å². The fraction of sp³-hybridized carbons (Fsp3) is 0.833. The van der Waals surface area contributed by atoms with Gasteiger partial charge in [0.2, 0.25) is 0 Å². The summed E-state index contributed by atoms with van der Waals surface area (Å²) in [5.74, 6) is 3.89. The average molecular weight is 387 g/mol. The van der Waals surface area contributed by atoms with Gasteiger partial charge in [0, 0.05) is 24.7 Å². The minimum Gasteiger partial charge on any atom is -0.463 e. The minimum absolute atomic E-state index is 0.00250. The zero-order valence-corrected chi connectivity index (χ0v) is 17.5. The Labute approximate surface area is 168 Å². The van der Waals surface area contributed by atoms with Crippen molar-refractivity contribution in [1.29, 1.82) is 0 Å². The maximum Gasteiger partial charge on any atom is 0.302 e. The quantitative estimate of drug-likeness (QED) is 0.548. The van der Waals surface area contributed by atoms with Gasteiger partial charge in [0.15, 0.2) is 0 Å². The van der Waals surface area contributed by atoms with Crippen LogP contribution in [-0.2, 0) is 14.3 Å². The fourth-order valence-electron chi connectivity index (χ4n) is 7.83. The summed E-state index contributed by atoms with van der Waals surface area (Å²) in [6.45, 7) is 5.85. The monoisotopic (exact) mass is 386 g/mol. The first kappa shape index (κ1) is 20.0. The van der Waals surface area contributed by atoms with Crippen LogP contribution in [0.4, 0.5) is 0 Å². The Morgan fingerprint density at radius 1 is 1.21 bits per heavy atom. The van der Waals surface area contributed by atoms with E-state index < -0.39 is 11.0 Å². The Kier molecular flexibility index (Phi) is 4.70. The van der Waals surface area contributed by atoms with Crippen LogP contribution < -0.4 is 0 Å². The summed E-state index contributed by atoms with van der Waals surface area (Å²) in [6, 6.07) is 0. The molecule has 0 aromatic rings. The molecular weight excluding hydrogens is 352 g/mol. The van der Waals surface area contributed by atoms with Crippen molar-refractivity contribution in [3.05, 3.63) is 0 Å². The first-order valence-electron chi connectivity index (χ1n) is 11.0. The predicted molar refractivity (Wildman–Crippen MR) is 106 cm³/mol. The highest BCUT2D eigenvalue weighted by Crippen LogP contribution is 2.66. The molecule has 4 rings (SSSR count). The number of fused-ring (bicyclic) bond motifs is 5. The summed E-state index contributed by atoms with van der Waals surface area (Å²) in [4.78, 5) is 24.9. The molecule has 154 valence electrons. The van der Waals surface area contributed by atoms with Crippen molar-refractivity contribution < 1.29 is 19.4 Å². The second-order valence-electron chi connectivity index (χ2n) is 10.5. The summed E-state index contributed by atoms with van der Waals surface area (Å²) in [5, 5.41) is 11.2. The Morgan fingerprint density at radius 3 is 2.64 bits per heavy atom. The van der Waals surface area contributed by atoms with Crippen LogP contribution in [-0.4, -0.2) is 28.6 Å². The Bertz CT molecular complexity index is 723. The number of Topliss-reactive ketones (excluding diaryl/α,β-unsaturated/α-hetero) is 1. The van der Waals surface area contributed by atoms with Crippen molar-refractivity contribution in [2.45, 2.75) is 90.3 Å². The van der Waals surface area contributed by atoms with E-state index in [1.54, 1.807) is 0 Å². The van der Waals surface area contributed by atoms with Gasteiger partial charge in [-0.05, 0) is 74.5 Å². The molecule has 0 heterocycles. The van der Waals surface area contributed by atoms with Crippen LogP contribution >= 0.6 is 0 Å². The lowest BCUT2D eigenvalue weighted by Gasteiger charge is -2.63. The summed E-state index contributed by atoms with van der Waals surface area (Å²) in [5.41, 5.74) is -1.69. The number of terminal acetylenes is 1. The fourth-order valence-corrected chi connectivity index (χ4v) is 7.83. The number of aliphatic hydroxyl groups is 1. The number of esters is 1. The van der Waals surface area contributed by atoms with E-state index in [1.165, 1.54) is 6.92 Å². The highest BCUT2D eigenvalue weighted by molar-refractivity contribution is 5.84. The van der Waals surface area contributed by atoms with E-state index in [9.17, 15) is 14.7 Å². The van der Waals surface area contributed by atoms with Gasteiger partial charge in [-0.3, -0.25) is 9.59 Å². The van der Waals surface area contributed by atoms with E-state index in [4.69, 9.17) is 11.2 Å². The Balaban J connectivity index is 1.63. The van der Waals surface area contributed by atoms with Crippen LogP contribution in [0.25, 0.3) is 0 Å². The van der Waals surface area contributed by atoms with Crippen molar-refractivity contribution in [2.75, 3.05) is 0 Å². The lowest BCUT2D eigenvalue weighted by molar-refractivity contribution is -0.193. The number of carbonyl (C=O) groups is 2. The SMILES string of the molecule is C#C[C@@]1(O)CCC[C@@H]2[C@@H]3CC[C@@H]4C[C@H](OC(C)=O)CC[C@@]4(C)[C@H]3C(=O)C[C@]21C. The molecule has 0 saturated heterocycles. The summed E-state index contributed by atoms with van der Waals surface area (Å²) >= 11 is 0. The maximum atomic E-state index is 13.5. The molecule has 0 aliphatic heterocycles. The van der Waals surface area contributed by atoms with Crippen LogP contribution in [0.2, 0.25) is 0 Å². The largest absolute Gasteiger partial charge is 0.463 e. The zero-order valence-electron chi connectivity index (χ0n) is 17.5. The molecule has 0 aromatic carbocycles. The Morgan fingerprint density at radius 2 is 1.96 bits per heavy atom. The third-order valence-electron chi connectivity index (χ3n) is 9.27.